The maximum absolute atomic E-state index is 12.4. The lowest BCUT2D eigenvalue weighted by molar-refractivity contribution is -0.128. The van der Waals surface area contributed by atoms with Crippen LogP contribution < -0.4 is 10.1 Å². The lowest BCUT2D eigenvalue weighted by Gasteiger charge is -2.25. The molecule has 5 nitrogen and oxygen atoms in total. The third kappa shape index (κ3) is 2.46. The van der Waals surface area contributed by atoms with Crippen LogP contribution in [0.1, 0.15) is 17.8 Å². The average molecular weight is 318 g/mol. The second-order valence-corrected chi connectivity index (χ2v) is 6.24. The van der Waals surface area contributed by atoms with E-state index in [9.17, 15) is 4.79 Å². The summed E-state index contributed by atoms with van der Waals surface area (Å²) in [6, 6.07) is 5.60. The molecule has 0 fully saturated rings. The van der Waals surface area contributed by atoms with Crippen LogP contribution in [0, 0.1) is 0 Å². The van der Waals surface area contributed by atoms with Gasteiger partial charge in [0.05, 0.1) is 0 Å². The van der Waals surface area contributed by atoms with Crippen LogP contribution in [0.3, 0.4) is 0 Å². The number of carbonyl (C=O) groups excluding carboxylic acids is 1. The number of fused-ring (bicyclic) bond motifs is 2. The Morgan fingerprint density at radius 2 is 2.36 bits per heavy atom. The standard InChI is InChI=1S/C16H16ClN3O2/c17-11-1-3-13-10(7-11)8-14(22-13)16(21)19-12-2-4-15-18-5-6-20(15)9-12/h1,3,5-7,12,14H,2,4,8-9H2,(H,19,21)/t12-,14-/m0/s1. The second-order valence-electron chi connectivity index (χ2n) is 5.80. The van der Waals surface area contributed by atoms with E-state index in [4.69, 9.17) is 16.3 Å². The Balaban J connectivity index is 1.40. The van der Waals surface area contributed by atoms with Crippen molar-refractivity contribution in [2.75, 3.05) is 0 Å². The number of rotatable bonds is 2. The van der Waals surface area contributed by atoms with Crippen molar-refractivity contribution >= 4 is 17.5 Å². The summed E-state index contributed by atoms with van der Waals surface area (Å²) in [5.74, 6) is 1.79. The summed E-state index contributed by atoms with van der Waals surface area (Å²) in [7, 11) is 0. The molecule has 0 spiro atoms. The molecule has 2 aliphatic rings. The first-order valence-corrected chi connectivity index (χ1v) is 7.82. The van der Waals surface area contributed by atoms with Crippen molar-refractivity contribution in [1.29, 1.82) is 0 Å². The monoisotopic (exact) mass is 317 g/mol. The molecule has 0 aliphatic carbocycles. The summed E-state index contributed by atoms with van der Waals surface area (Å²) in [6.45, 7) is 0.770. The Labute approximate surface area is 133 Å². The summed E-state index contributed by atoms with van der Waals surface area (Å²) < 4.78 is 7.83. The van der Waals surface area contributed by atoms with E-state index >= 15 is 0 Å². The zero-order chi connectivity index (χ0) is 15.1. The third-order valence-electron chi connectivity index (χ3n) is 4.27. The molecule has 3 heterocycles. The molecular weight excluding hydrogens is 302 g/mol. The summed E-state index contributed by atoms with van der Waals surface area (Å²) in [6.07, 6.45) is 5.67. The Morgan fingerprint density at radius 1 is 1.45 bits per heavy atom. The Morgan fingerprint density at radius 3 is 3.27 bits per heavy atom. The van der Waals surface area contributed by atoms with Crippen LogP contribution in [0.25, 0.3) is 0 Å². The van der Waals surface area contributed by atoms with Crippen LogP contribution in [-0.4, -0.2) is 27.6 Å². The van der Waals surface area contributed by atoms with Crippen molar-refractivity contribution < 1.29 is 9.53 Å². The van der Waals surface area contributed by atoms with E-state index in [1.807, 2.05) is 18.3 Å². The van der Waals surface area contributed by atoms with Gasteiger partial charge in [0, 0.05) is 42.8 Å². The van der Waals surface area contributed by atoms with Gasteiger partial charge in [-0.2, -0.15) is 0 Å². The van der Waals surface area contributed by atoms with E-state index in [1.54, 1.807) is 12.3 Å². The number of nitrogens with zero attached hydrogens (tertiary/aromatic N) is 2. The van der Waals surface area contributed by atoms with Gasteiger partial charge in [-0.15, -0.1) is 0 Å². The molecule has 2 aliphatic heterocycles. The van der Waals surface area contributed by atoms with E-state index in [-0.39, 0.29) is 11.9 Å². The van der Waals surface area contributed by atoms with Crippen molar-refractivity contribution in [2.45, 2.75) is 38.0 Å². The van der Waals surface area contributed by atoms with E-state index in [1.165, 1.54) is 0 Å². The van der Waals surface area contributed by atoms with E-state index in [2.05, 4.69) is 14.9 Å². The highest BCUT2D eigenvalue weighted by Gasteiger charge is 2.31. The number of aryl methyl sites for hydroxylation is 1. The first kappa shape index (κ1) is 13.6. The molecule has 0 unspecified atom stereocenters. The van der Waals surface area contributed by atoms with Crippen LogP contribution in [0.2, 0.25) is 5.02 Å². The highest BCUT2D eigenvalue weighted by molar-refractivity contribution is 6.30. The molecule has 1 aromatic carbocycles. The van der Waals surface area contributed by atoms with E-state index in [0.717, 1.165) is 36.5 Å². The van der Waals surface area contributed by atoms with Gasteiger partial charge in [0.25, 0.3) is 5.91 Å². The van der Waals surface area contributed by atoms with Crippen LogP contribution in [0.4, 0.5) is 0 Å². The minimum atomic E-state index is -0.461. The number of hydrogen-bond donors (Lipinski definition) is 1. The van der Waals surface area contributed by atoms with Gasteiger partial charge in [0.2, 0.25) is 0 Å². The minimum Gasteiger partial charge on any atom is -0.480 e. The third-order valence-corrected chi connectivity index (χ3v) is 4.51. The number of halogens is 1. The van der Waals surface area contributed by atoms with Gasteiger partial charge < -0.3 is 14.6 Å². The fraction of sp³-hybridized carbons (Fsp3) is 0.375. The van der Waals surface area contributed by atoms with Crippen molar-refractivity contribution in [3.63, 3.8) is 0 Å². The molecule has 1 aromatic heterocycles. The molecule has 0 saturated heterocycles. The van der Waals surface area contributed by atoms with Crippen LogP contribution >= 0.6 is 11.6 Å². The summed E-state index contributed by atoms with van der Waals surface area (Å²) >= 11 is 5.98. The number of hydrogen-bond acceptors (Lipinski definition) is 3. The number of benzene rings is 1. The van der Waals surface area contributed by atoms with Gasteiger partial charge in [-0.05, 0) is 30.2 Å². The topological polar surface area (TPSA) is 56.2 Å². The Hall–Kier alpha value is -2.01. The number of carbonyl (C=O) groups is 1. The zero-order valence-corrected chi connectivity index (χ0v) is 12.7. The molecule has 114 valence electrons. The number of aromatic nitrogens is 2. The summed E-state index contributed by atoms with van der Waals surface area (Å²) in [5.41, 5.74) is 0.994. The molecule has 0 saturated carbocycles. The van der Waals surface area contributed by atoms with E-state index < -0.39 is 6.10 Å². The molecule has 2 aromatic rings. The molecule has 4 rings (SSSR count). The fourth-order valence-electron chi connectivity index (χ4n) is 3.14. The van der Waals surface area contributed by atoms with Gasteiger partial charge in [0.15, 0.2) is 6.10 Å². The van der Waals surface area contributed by atoms with Crippen molar-refractivity contribution in [3.05, 3.63) is 47.0 Å². The highest BCUT2D eigenvalue weighted by Crippen LogP contribution is 2.31. The number of nitrogens with one attached hydrogen (secondary N) is 1. The summed E-state index contributed by atoms with van der Waals surface area (Å²) in [5, 5.41) is 3.77. The van der Waals surface area contributed by atoms with Crippen LogP contribution in [0.5, 0.6) is 5.75 Å². The SMILES string of the molecule is O=C(N[C@H]1CCc2nccn2C1)[C@@H]1Cc2cc(Cl)ccc2O1. The quantitative estimate of drug-likeness (QED) is 0.921. The van der Waals surface area contributed by atoms with Gasteiger partial charge in [-0.25, -0.2) is 4.98 Å². The van der Waals surface area contributed by atoms with Gasteiger partial charge in [0.1, 0.15) is 11.6 Å². The van der Waals surface area contributed by atoms with Crippen molar-refractivity contribution in [3.8, 4) is 5.75 Å². The average Bonchev–Trinajstić information content (AvgIpc) is 3.12. The molecule has 1 N–H and O–H groups in total. The summed E-state index contributed by atoms with van der Waals surface area (Å²) in [4.78, 5) is 16.7. The molecule has 1 amide bonds. The molecule has 2 atom stereocenters. The fourth-order valence-corrected chi connectivity index (χ4v) is 3.34. The highest BCUT2D eigenvalue weighted by atomic mass is 35.5. The predicted molar refractivity (Wildman–Crippen MR) is 82.1 cm³/mol. The maximum Gasteiger partial charge on any atom is 0.261 e. The second kappa shape index (κ2) is 5.32. The Kier molecular flexibility index (Phi) is 3.30. The van der Waals surface area contributed by atoms with Gasteiger partial charge in [-0.1, -0.05) is 11.6 Å². The Bertz CT molecular complexity index is 728. The lowest BCUT2D eigenvalue weighted by atomic mass is 10.1. The predicted octanol–water partition coefficient (Wildman–Crippen LogP) is 1.97. The lowest BCUT2D eigenvalue weighted by Crippen LogP contribution is -2.46. The number of ether oxygens (including phenoxy) is 1. The number of imidazole rings is 1. The maximum atomic E-state index is 12.4. The van der Waals surface area contributed by atoms with Gasteiger partial charge >= 0.3 is 0 Å². The van der Waals surface area contributed by atoms with Crippen molar-refractivity contribution in [1.82, 2.24) is 14.9 Å². The largest absolute Gasteiger partial charge is 0.480 e. The normalized spacial score (nSPS) is 22.6. The molecule has 6 heteroatoms. The molecule has 0 radical (unpaired) electrons. The minimum absolute atomic E-state index is 0.0547. The first-order valence-electron chi connectivity index (χ1n) is 7.44. The first-order chi connectivity index (χ1) is 10.7. The smallest absolute Gasteiger partial charge is 0.261 e. The van der Waals surface area contributed by atoms with Gasteiger partial charge in [-0.3, -0.25) is 4.79 Å². The van der Waals surface area contributed by atoms with Crippen LogP contribution in [0.15, 0.2) is 30.6 Å². The zero-order valence-electron chi connectivity index (χ0n) is 12.0. The van der Waals surface area contributed by atoms with Crippen molar-refractivity contribution in [2.24, 2.45) is 0 Å². The number of amides is 1. The molecule has 0 bridgehead atoms. The molecule has 22 heavy (non-hydrogen) atoms. The van der Waals surface area contributed by atoms with E-state index in [0.29, 0.717) is 11.4 Å². The molecular formula is C16H16ClN3O2. The van der Waals surface area contributed by atoms with Crippen LogP contribution in [-0.2, 0) is 24.2 Å².